The summed E-state index contributed by atoms with van der Waals surface area (Å²) in [5.41, 5.74) is 2.48. The molecule has 0 radical (unpaired) electrons. The molecular weight excluding hydrogens is 312 g/mol. The van der Waals surface area contributed by atoms with Crippen LogP contribution in [0.4, 0.5) is 0 Å². The number of hydrogen-bond acceptors (Lipinski definition) is 3. The zero-order chi connectivity index (χ0) is 15.5. The van der Waals surface area contributed by atoms with Crippen molar-refractivity contribution in [3.8, 4) is 0 Å². The van der Waals surface area contributed by atoms with E-state index >= 15 is 0 Å². The van der Waals surface area contributed by atoms with E-state index in [9.17, 15) is 4.79 Å². The summed E-state index contributed by atoms with van der Waals surface area (Å²) in [6.45, 7) is 2.21. The molecule has 3 aromatic rings. The molecule has 3 nitrogen and oxygen atoms in total. The van der Waals surface area contributed by atoms with Crippen LogP contribution in [0.25, 0.3) is 10.2 Å². The molecule has 1 aromatic carbocycles. The van der Waals surface area contributed by atoms with Crippen molar-refractivity contribution in [3.05, 3.63) is 51.0 Å². The Morgan fingerprint density at radius 3 is 2.91 bits per heavy atom. The summed E-state index contributed by atoms with van der Waals surface area (Å²) >= 11 is 3.00. The van der Waals surface area contributed by atoms with Crippen molar-refractivity contribution >= 4 is 38.8 Å². The minimum absolute atomic E-state index is 0.164. The second-order valence-electron chi connectivity index (χ2n) is 5.24. The fourth-order valence-corrected chi connectivity index (χ4v) is 4.05. The number of unbranched alkanes of at least 4 members (excludes halogenated alkanes) is 1. The molecule has 0 aliphatic carbocycles. The lowest BCUT2D eigenvalue weighted by Gasteiger charge is -2.00. The third-order valence-electron chi connectivity index (χ3n) is 3.62. The van der Waals surface area contributed by atoms with Crippen molar-refractivity contribution in [2.24, 2.45) is 12.0 Å². The van der Waals surface area contributed by atoms with Crippen molar-refractivity contribution in [1.29, 1.82) is 0 Å². The van der Waals surface area contributed by atoms with E-state index in [1.54, 1.807) is 11.3 Å². The van der Waals surface area contributed by atoms with E-state index < -0.39 is 0 Å². The average Bonchev–Trinajstić information content (AvgIpc) is 3.14. The molecule has 0 spiro atoms. The monoisotopic (exact) mass is 330 g/mol. The molecule has 2 heterocycles. The smallest absolute Gasteiger partial charge is 0.289 e. The van der Waals surface area contributed by atoms with Crippen LogP contribution in [0, 0.1) is 0 Å². The van der Waals surface area contributed by atoms with E-state index in [-0.39, 0.29) is 5.91 Å². The molecule has 5 heteroatoms. The molecule has 0 N–H and O–H groups in total. The number of carbonyl (C=O) groups is 1. The van der Waals surface area contributed by atoms with Crippen LogP contribution in [0.1, 0.15) is 35.0 Å². The lowest BCUT2D eigenvalue weighted by molar-refractivity contribution is 0.100. The number of nitrogens with zero attached hydrogens (tertiary/aromatic N) is 2. The van der Waals surface area contributed by atoms with Gasteiger partial charge in [-0.1, -0.05) is 36.8 Å². The van der Waals surface area contributed by atoms with Gasteiger partial charge in [-0.2, -0.15) is 4.99 Å². The number of hydrogen-bond donors (Lipinski definition) is 0. The summed E-state index contributed by atoms with van der Waals surface area (Å²) in [4.78, 5) is 17.9. The fraction of sp³-hybridized carbons (Fsp3) is 0.294. The predicted molar refractivity (Wildman–Crippen MR) is 93.6 cm³/mol. The van der Waals surface area contributed by atoms with Crippen molar-refractivity contribution in [1.82, 2.24) is 4.57 Å². The highest BCUT2D eigenvalue weighted by Crippen LogP contribution is 2.20. The first-order chi connectivity index (χ1) is 10.7. The number of rotatable bonds is 4. The van der Waals surface area contributed by atoms with Crippen molar-refractivity contribution in [2.45, 2.75) is 26.2 Å². The molecule has 2 aromatic heterocycles. The molecule has 0 fully saturated rings. The second-order valence-corrected chi connectivity index (χ2v) is 7.20. The number of aryl methyl sites for hydroxylation is 2. The summed E-state index contributed by atoms with van der Waals surface area (Å²) in [6, 6.07) is 10.2. The van der Waals surface area contributed by atoms with Gasteiger partial charge in [0.15, 0.2) is 4.80 Å². The van der Waals surface area contributed by atoms with Crippen LogP contribution in [0.5, 0.6) is 0 Å². The molecule has 0 unspecified atom stereocenters. The average molecular weight is 330 g/mol. The van der Waals surface area contributed by atoms with Crippen molar-refractivity contribution in [3.63, 3.8) is 0 Å². The summed E-state index contributed by atoms with van der Waals surface area (Å²) in [5.74, 6) is -0.164. The molecule has 3 rings (SSSR count). The number of fused-ring (bicyclic) bond motifs is 1. The highest BCUT2D eigenvalue weighted by Gasteiger charge is 2.08. The number of aromatic nitrogens is 1. The number of thiazole rings is 1. The highest BCUT2D eigenvalue weighted by molar-refractivity contribution is 7.16. The number of benzene rings is 1. The Balaban J connectivity index is 2.00. The first-order valence-electron chi connectivity index (χ1n) is 7.40. The van der Waals surface area contributed by atoms with Crippen LogP contribution in [-0.4, -0.2) is 10.5 Å². The Hall–Kier alpha value is -1.72. The quantitative estimate of drug-likeness (QED) is 0.699. The number of amides is 1. The molecule has 0 bridgehead atoms. The summed E-state index contributed by atoms with van der Waals surface area (Å²) < 4.78 is 3.18. The van der Waals surface area contributed by atoms with Gasteiger partial charge in [-0.3, -0.25) is 4.79 Å². The Bertz CT molecular complexity index is 857. The fourth-order valence-electron chi connectivity index (χ4n) is 2.36. The van der Waals surface area contributed by atoms with Gasteiger partial charge in [-0.25, -0.2) is 0 Å². The molecule has 0 saturated carbocycles. The van der Waals surface area contributed by atoms with Gasteiger partial charge in [0, 0.05) is 7.05 Å². The van der Waals surface area contributed by atoms with Crippen molar-refractivity contribution < 1.29 is 4.79 Å². The number of carbonyl (C=O) groups excluding carboxylic acids is 1. The van der Waals surface area contributed by atoms with Gasteiger partial charge in [0.1, 0.15) is 0 Å². The zero-order valence-corrected chi connectivity index (χ0v) is 14.3. The maximum Gasteiger partial charge on any atom is 0.289 e. The van der Waals surface area contributed by atoms with E-state index in [0.29, 0.717) is 4.88 Å². The van der Waals surface area contributed by atoms with E-state index in [2.05, 4.69) is 30.1 Å². The lowest BCUT2D eigenvalue weighted by Crippen LogP contribution is -2.12. The van der Waals surface area contributed by atoms with Crippen LogP contribution in [0.15, 0.2) is 40.7 Å². The van der Waals surface area contributed by atoms with Crippen LogP contribution < -0.4 is 4.80 Å². The molecule has 114 valence electrons. The Labute approximate surface area is 137 Å². The molecule has 22 heavy (non-hydrogen) atoms. The van der Waals surface area contributed by atoms with Gasteiger partial charge in [-0.15, -0.1) is 11.3 Å². The minimum Gasteiger partial charge on any atom is -0.319 e. The standard InChI is InChI=1S/C17H18N2OS2/c1-3-4-6-12-8-9-13-15(11-12)22-17(19(13)2)18-16(20)14-7-5-10-21-14/h5,7-11H,3-4,6H2,1-2H3. The van der Waals surface area contributed by atoms with Crippen molar-refractivity contribution in [2.75, 3.05) is 0 Å². The van der Waals surface area contributed by atoms with Gasteiger partial charge in [0.05, 0.1) is 15.1 Å². The SMILES string of the molecule is CCCCc1ccc2c(c1)sc(=NC(=O)c1cccs1)n2C. The molecule has 0 saturated heterocycles. The minimum atomic E-state index is -0.164. The maximum absolute atomic E-state index is 12.1. The van der Waals surface area contributed by atoms with E-state index in [1.165, 1.54) is 34.4 Å². The van der Waals surface area contributed by atoms with Gasteiger partial charge >= 0.3 is 0 Å². The van der Waals surface area contributed by atoms with E-state index in [0.717, 1.165) is 16.7 Å². The summed E-state index contributed by atoms with van der Waals surface area (Å²) in [5, 5.41) is 1.90. The largest absolute Gasteiger partial charge is 0.319 e. The van der Waals surface area contributed by atoms with Crippen LogP contribution in [0.3, 0.4) is 0 Å². The van der Waals surface area contributed by atoms with Crippen LogP contribution in [-0.2, 0) is 13.5 Å². The summed E-state index contributed by atoms with van der Waals surface area (Å²) in [7, 11) is 1.96. The molecule has 1 amide bonds. The molecule has 0 aliphatic rings. The van der Waals surface area contributed by atoms with Gasteiger partial charge in [0.2, 0.25) is 0 Å². The Kier molecular flexibility index (Phi) is 4.55. The van der Waals surface area contributed by atoms with Gasteiger partial charge in [0.25, 0.3) is 5.91 Å². The van der Waals surface area contributed by atoms with Crippen LogP contribution in [0.2, 0.25) is 0 Å². The zero-order valence-electron chi connectivity index (χ0n) is 12.7. The maximum atomic E-state index is 12.1. The van der Waals surface area contributed by atoms with E-state index in [1.807, 2.05) is 29.1 Å². The van der Waals surface area contributed by atoms with Gasteiger partial charge < -0.3 is 4.57 Å². The highest BCUT2D eigenvalue weighted by atomic mass is 32.1. The van der Waals surface area contributed by atoms with Gasteiger partial charge in [-0.05, 0) is 42.0 Å². The topological polar surface area (TPSA) is 34.4 Å². The molecule has 0 atom stereocenters. The first kappa shape index (κ1) is 15.2. The lowest BCUT2D eigenvalue weighted by atomic mass is 10.1. The van der Waals surface area contributed by atoms with Crippen LogP contribution >= 0.6 is 22.7 Å². The number of thiophene rings is 1. The second kappa shape index (κ2) is 6.58. The molecular formula is C17H18N2OS2. The normalized spacial score (nSPS) is 12.2. The Morgan fingerprint density at radius 1 is 1.32 bits per heavy atom. The molecule has 0 aliphatic heterocycles. The predicted octanol–water partition coefficient (Wildman–Crippen LogP) is 4.39. The third kappa shape index (κ3) is 3.05. The third-order valence-corrected chi connectivity index (χ3v) is 5.57. The Morgan fingerprint density at radius 2 is 2.18 bits per heavy atom. The summed E-state index contributed by atoms with van der Waals surface area (Å²) in [6.07, 6.45) is 3.51. The van der Waals surface area contributed by atoms with E-state index in [4.69, 9.17) is 0 Å². The first-order valence-corrected chi connectivity index (χ1v) is 9.09.